The lowest BCUT2D eigenvalue weighted by molar-refractivity contribution is 0.459. The van der Waals surface area contributed by atoms with Crippen LogP contribution in [0.5, 0.6) is 0 Å². The van der Waals surface area contributed by atoms with E-state index in [1.165, 1.54) is 12.8 Å². The highest BCUT2D eigenvalue weighted by atomic mass is 19.1. The first-order valence-corrected chi connectivity index (χ1v) is 5.24. The van der Waals surface area contributed by atoms with Gasteiger partial charge in [-0.2, -0.15) is 0 Å². The Kier molecular flexibility index (Phi) is 2.82. The summed E-state index contributed by atoms with van der Waals surface area (Å²) in [6, 6.07) is 5.61. The molecule has 1 N–H and O–H groups in total. The molecule has 2 rings (SSSR count). The summed E-state index contributed by atoms with van der Waals surface area (Å²) in [6.07, 6.45) is 2.37. The van der Waals surface area contributed by atoms with Crippen LogP contribution >= 0.6 is 0 Å². The maximum absolute atomic E-state index is 13.3. The molecule has 2 heteroatoms. The zero-order valence-electron chi connectivity index (χ0n) is 8.52. The third kappa shape index (κ3) is 1.95. The molecule has 0 bridgehead atoms. The van der Waals surface area contributed by atoms with Gasteiger partial charge in [0, 0.05) is 6.54 Å². The number of hydrogen-bond acceptors (Lipinski definition) is 1. The van der Waals surface area contributed by atoms with Gasteiger partial charge < -0.3 is 5.32 Å². The van der Waals surface area contributed by atoms with Gasteiger partial charge in [-0.1, -0.05) is 12.1 Å². The van der Waals surface area contributed by atoms with Gasteiger partial charge in [-0.05, 0) is 49.4 Å². The third-order valence-corrected chi connectivity index (χ3v) is 2.96. The second-order valence-electron chi connectivity index (χ2n) is 4.05. The molecule has 1 atom stereocenters. The Morgan fingerprint density at radius 3 is 2.93 bits per heavy atom. The summed E-state index contributed by atoms with van der Waals surface area (Å²) >= 11 is 0. The second-order valence-corrected chi connectivity index (χ2v) is 4.05. The van der Waals surface area contributed by atoms with E-state index in [2.05, 4.69) is 11.4 Å². The van der Waals surface area contributed by atoms with Crippen molar-refractivity contribution in [2.45, 2.75) is 25.7 Å². The summed E-state index contributed by atoms with van der Waals surface area (Å²) < 4.78 is 13.3. The van der Waals surface area contributed by atoms with E-state index in [0.717, 1.165) is 24.2 Å². The Bertz CT molecular complexity index is 316. The summed E-state index contributed by atoms with van der Waals surface area (Å²) in [5, 5.41) is 3.34. The fourth-order valence-electron chi connectivity index (χ4n) is 2.00. The molecule has 1 aliphatic rings. The molecule has 1 saturated heterocycles. The van der Waals surface area contributed by atoms with Crippen LogP contribution in [0, 0.1) is 12.7 Å². The zero-order chi connectivity index (χ0) is 9.97. The highest BCUT2D eigenvalue weighted by Crippen LogP contribution is 2.24. The minimum absolute atomic E-state index is 0.0759. The molecule has 1 aromatic carbocycles. The number of rotatable bonds is 1. The van der Waals surface area contributed by atoms with Crippen molar-refractivity contribution in [2.75, 3.05) is 13.1 Å². The van der Waals surface area contributed by atoms with Crippen molar-refractivity contribution in [1.82, 2.24) is 5.32 Å². The van der Waals surface area contributed by atoms with Gasteiger partial charge >= 0.3 is 0 Å². The van der Waals surface area contributed by atoms with Gasteiger partial charge in [-0.3, -0.25) is 0 Å². The molecular formula is C12H16FN. The maximum atomic E-state index is 13.3. The lowest BCUT2D eigenvalue weighted by atomic mass is 9.91. The summed E-state index contributed by atoms with van der Waals surface area (Å²) in [5.41, 5.74) is 1.87. The van der Waals surface area contributed by atoms with Crippen molar-refractivity contribution in [3.63, 3.8) is 0 Å². The molecule has 0 aromatic heterocycles. The topological polar surface area (TPSA) is 12.0 Å². The van der Waals surface area contributed by atoms with Crippen molar-refractivity contribution in [2.24, 2.45) is 0 Å². The van der Waals surface area contributed by atoms with E-state index in [9.17, 15) is 4.39 Å². The Morgan fingerprint density at radius 1 is 1.43 bits per heavy atom. The quantitative estimate of drug-likeness (QED) is 0.723. The van der Waals surface area contributed by atoms with Crippen molar-refractivity contribution in [1.29, 1.82) is 0 Å². The maximum Gasteiger partial charge on any atom is 0.126 e. The van der Waals surface area contributed by atoms with Crippen LogP contribution in [0.1, 0.15) is 29.9 Å². The molecule has 0 amide bonds. The number of piperidine rings is 1. The molecule has 1 nitrogen and oxygen atoms in total. The van der Waals surface area contributed by atoms with E-state index in [1.54, 1.807) is 13.0 Å². The number of benzene rings is 1. The van der Waals surface area contributed by atoms with Crippen LogP contribution in [0.15, 0.2) is 18.2 Å². The first kappa shape index (κ1) is 9.66. The van der Waals surface area contributed by atoms with Crippen molar-refractivity contribution >= 4 is 0 Å². The van der Waals surface area contributed by atoms with Crippen molar-refractivity contribution in [3.8, 4) is 0 Å². The van der Waals surface area contributed by atoms with Gasteiger partial charge in [0.25, 0.3) is 0 Å². The normalized spacial score (nSPS) is 22.3. The third-order valence-electron chi connectivity index (χ3n) is 2.96. The van der Waals surface area contributed by atoms with E-state index in [-0.39, 0.29) is 5.82 Å². The van der Waals surface area contributed by atoms with Gasteiger partial charge in [-0.25, -0.2) is 4.39 Å². The second kappa shape index (κ2) is 4.09. The molecule has 0 spiro atoms. The molecular weight excluding hydrogens is 177 g/mol. The van der Waals surface area contributed by atoms with Gasteiger partial charge in [0.05, 0.1) is 0 Å². The van der Waals surface area contributed by atoms with Gasteiger partial charge in [0.2, 0.25) is 0 Å². The molecule has 14 heavy (non-hydrogen) atoms. The monoisotopic (exact) mass is 193 g/mol. The summed E-state index contributed by atoms with van der Waals surface area (Å²) in [7, 11) is 0. The van der Waals surface area contributed by atoms with Crippen LogP contribution in [-0.4, -0.2) is 13.1 Å². The zero-order valence-corrected chi connectivity index (χ0v) is 8.52. The predicted molar refractivity (Wildman–Crippen MR) is 56.0 cm³/mol. The minimum Gasteiger partial charge on any atom is -0.316 e. The molecule has 1 heterocycles. The molecule has 1 aromatic rings. The summed E-state index contributed by atoms with van der Waals surface area (Å²) in [4.78, 5) is 0. The molecule has 0 aliphatic carbocycles. The summed E-state index contributed by atoms with van der Waals surface area (Å²) in [6.45, 7) is 3.89. The fourth-order valence-corrected chi connectivity index (χ4v) is 2.00. The van der Waals surface area contributed by atoms with E-state index < -0.39 is 0 Å². The average Bonchev–Trinajstić information content (AvgIpc) is 2.23. The van der Waals surface area contributed by atoms with Crippen LogP contribution in [-0.2, 0) is 0 Å². The van der Waals surface area contributed by atoms with Gasteiger partial charge in [-0.15, -0.1) is 0 Å². The average molecular weight is 193 g/mol. The highest BCUT2D eigenvalue weighted by Gasteiger charge is 2.15. The lowest BCUT2D eigenvalue weighted by Gasteiger charge is -2.23. The first-order chi connectivity index (χ1) is 6.77. The van der Waals surface area contributed by atoms with Crippen LogP contribution in [0.25, 0.3) is 0 Å². The molecule has 1 unspecified atom stereocenters. The van der Waals surface area contributed by atoms with Crippen LogP contribution < -0.4 is 5.32 Å². The van der Waals surface area contributed by atoms with Crippen molar-refractivity contribution < 1.29 is 4.39 Å². The largest absolute Gasteiger partial charge is 0.316 e. The molecule has 1 fully saturated rings. The standard InChI is InChI=1S/C12H16FN/c1-9-4-5-10(7-12(9)13)11-3-2-6-14-8-11/h4-5,7,11,14H,2-3,6,8H2,1H3. The van der Waals surface area contributed by atoms with Gasteiger partial charge in [0.1, 0.15) is 5.82 Å². The van der Waals surface area contributed by atoms with E-state index >= 15 is 0 Å². The Hall–Kier alpha value is -0.890. The number of hydrogen-bond donors (Lipinski definition) is 1. The fraction of sp³-hybridized carbons (Fsp3) is 0.500. The number of halogens is 1. The van der Waals surface area contributed by atoms with E-state index in [0.29, 0.717) is 5.92 Å². The molecule has 1 aliphatic heterocycles. The van der Waals surface area contributed by atoms with Crippen LogP contribution in [0.3, 0.4) is 0 Å². The Labute approximate surface area is 84.3 Å². The highest BCUT2D eigenvalue weighted by molar-refractivity contribution is 5.26. The van der Waals surface area contributed by atoms with E-state index in [4.69, 9.17) is 0 Å². The smallest absolute Gasteiger partial charge is 0.126 e. The SMILES string of the molecule is Cc1ccc(C2CCCNC2)cc1F. The number of aryl methyl sites for hydroxylation is 1. The van der Waals surface area contributed by atoms with Crippen LogP contribution in [0.2, 0.25) is 0 Å². The molecule has 76 valence electrons. The van der Waals surface area contributed by atoms with Gasteiger partial charge in [0.15, 0.2) is 0 Å². The predicted octanol–water partition coefficient (Wildman–Crippen LogP) is 2.60. The molecule has 0 saturated carbocycles. The first-order valence-electron chi connectivity index (χ1n) is 5.24. The molecule has 0 radical (unpaired) electrons. The Balaban J connectivity index is 2.18. The summed E-state index contributed by atoms with van der Waals surface area (Å²) in [5.74, 6) is 0.423. The van der Waals surface area contributed by atoms with E-state index in [1.807, 2.05) is 6.07 Å². The van der Waals surface area contributed by atoms with Crippen LogP contribution in [0.4, 0.5) is 4.39 Å². The minimum atomic E-state index is -0.0759. The number of nitrogens with one attached hydrogen (secondary N) is 1. The lowest BCUT2D eigenvalue weighted by Crippen LogP contribution is -2.28. The van der Waals surface area contributed by atoms with Crippen molar-refractivity contribution in [3.05, 3.63) is 35.1 Å². The Morgan fingerprint density at radius 2 is 2.29 bits per heavy atom.